The summed E-state index contributed by atoms with van der Waals surface area (Å²) in [5.41, 5.74) is 11.7. The van der Waals surface area contributed by atoms with E-state index in [1.165, 1.54) is 61.2 Å². The maximum absolute atomic E-state index is 2.50. The van der Waals surface area contributed by atoms with Crippen molar-refractivity contribution < 1.29 is 4.58 Å². The first-order chi connectivity index (χ1) is 17.1. The van der Waals surface area contributed by atoms with Crippen molar-refractivity contribution in [2.45, 2.75) is 19.3 Å². The molecule has 0 atom stereocenters. The topological polar surface area (TPSA) is 3.01 Å². The Hall–Kier alpha value is -4.23. The van der Waals surface area contributed by atoms with Gasteiger partial charge in [-0.3, -0.25) is 0 Å². The summed E-state index contributed by atoms with van der Waals surface area (Å²) in [5, 5.41) is 2.57. The van der Waals surface area contributed by atoms with Crippen molar-refractivity contribution in [3.63, 3.8) is 0 Å². The van der Waals surface area contributed by atoms with Gasteiger partial charge in [0.25, 0.3) is 0 Å². The van der Waals surface area contributed by atoms with Crippen LogP contribution in [0.25, 0.3) is 27.6 Å². The van der Waals surface area contributed by atoms with E-state index in [4.69, 9.17) is 0 Å². The van der Waals surface area contributed by atoms with Gasteiger partial charge < -0.3 is 0 Å². The van der Waals surface area contributed by atoms with Crippen molar-refractivity contribution in [2.24, 2.45) is 0 Å². The third kappa shape index (κ3) is 2.85. The van der Waals surface area contributed by atoms with Crippen LogP contribution in [0.1, 0.15) is 36.1 Å². The van der Waals surface area contributed by atoms with Gasteiger partial charge >= 0.3 is 0 Å². The lowest BCUT2D eigenvalue weighted by molar-refractivity contribution is -0.339. The van der Waals surface area contributed by atoms with E-state index in [1.54, 1.807) is 0 Å². The molecule has 0 radical (unpaired) electrons. The van der Waals surface area contributed by atoms with Gasteiger partial charge in [0.15, 0.2) is 0 Å². The Balaban J connectivity index is 1.62. The average molecular weight is 449 g/mol. The lowest BCUT2D eigenvalue weighted by Gasteiger charge is -2.23. The molecule has 1 aliphatic heterocycles. The predicted molar refractivity (Wildman–Crippen MR) is 146 cm³/mol. The Morgan fingerprint density at radius 1 is 0.600 bits per heavy atom. The van der Waals surface area contributed by atoms with Crippen LogP contribution >= 0.6 is 0 Å². The van der Waals surface area contributed by atoms with Crippen LogP contribution < -0.4 is 0 Å². The third-order valence-corrected chi connectivity index (χ3v) is 7.68. The first-order valence-corrected chi connectivity index (χ1v) is 12.3. The summed E-state index contributed by atoms with van der Waals surface area (Å²) < 4.78 is 2.50. The van der Waals surface area contributed by atoms with Crippen LogP contribution in [0.2, 0.25) is 0 Å². The van der Waals surface area contributed by atoms with Crippen LogP contribution in [0.15, 0.2) is 121 Å². The summed E-state index contributed by atoms with van der Waals surface area (Å²) in [5.74, 6) is 0. The molecular weight excluding hydrogens is 422 g/mol. The van der Waals surface area contributed by atoms with Crippen LogP contribution in [-0.4, -0.2) is 10.3 Å². The molecule has 0 bridgehead atoms. The number of hydrogen-bond donors (Lipinski definition) is 0. The van der Waals surface area contributed by atoms with Crippen LogP contribution in [-0.2, 0) is 5.41 Å². The zero-order valence-electron chi connectivity index (χ0n) is 20.0. The van der Waals surface area contributed by atoms with Crippen LogP contribution in [0.4, 0.5) is 5.69 Å². The zero-order chi connectivity index (χ0) is 23.6. The van der Waals surface area contributed by atoms with Crippen LogP contribution in [0.3, 0.4) is 0 Å². The summed E-state index contributed by atoms with van der Waals surface area (Å²) in [6.07, 6.45) is 2.34. The van der Waals surface area contributed by atoms with Crippen molar-refractivity contribution in [1.82, 2.24) is 0 Å². The Labute approximate surface area is 206 Å². The molecule has 0 amide bonds. The Bertz CT molecular complexity index is 1690. The standard InChI is InChI=1S/C34H26N/c1-34(2)28-20-12-11-19-27(28)32-29(34)21-25-17-9-10-18-26(25)33(32)35-30(23-13-5-3-6-14-23)22-31(35)24-15-7-4-8-16-24/h3-22H,1-2H3/q+1. The summed E-state index contributed by atoms with van der Waals surface area (Å²) in [6.45, 7) is 4.73. The van der Waals surface area contributed by atoms with E-state index < -0.39 is 0 Å². The second-order valence-electron chi connectivity index (χ2n) is 10.0. The molecule has 0 saturated heterocycles. The molecule has 166 valence electrons. The number of rotatable bonds is 3. The molecule has 0 saturated carbocycles. The smallest absolute Gasteiger partial charge is 0.151 e. The van der Waals surface area contributed by atoms with Crippen molar-refractivity contribution in [3.8, 4) is 11.1 Å². The third-order valence-electron chi connectivity index (χ3n) is 7.68. The lowest BCUT2D eigenvalue weighted by atomic mass is 9.81. The molecule has 1 heterocycles. The van der Waals surface area contributed by atoms with Crippen molar-refractivity contribution in [3.05, 3.63) is 144 Å². The van der Waals surface area contributed by atoms with E-state index in [0.29, 0.717) is 0 Å². The number of fused-ring (bicyclic) bond motifs is 4. The van der Waals surface area contributed by atoms with Gasteiger partial charge in [-0.2, -0.15) is 4.58 Å². The minimum absolute atomic E-state index is 0.0564. The molecular formula is C34H26N+. The van der Waals surface area contributed by atoms with Gasteiger partial charge in [0.05, 0.1) is 17.0 Å². The minimum atomic E-state index is -0.0564. The molecule has 35 heavy (non-hydrogen) atoms. The van der Waals surface area contributed by atoms with E-state index in [-0.39, 0.29) is 5.41 Å². The van der Waals surface area contributed by atoms with Gasteiger partial charge in [-0.1, -0.05) is 92.7 Å². The van der Waals surface area contributed by atoms with E-state index in [1.807, 2.05) is 0 Å². The molecule has 0 fully saturated rings. The molecule has 2 aliphatic rings. The number of nitrogens with zero attached hydrogens (tertiary/aromatic N) is 1. The molecule has 1 heteroatoms. The molecule has 1 nitrogen and oxygen atoms in total. The van der Waals surface area contributed by atoms with Gasteiger partial charge in [-0.25, -0.2) is 0 Å². The van der Waals surface area contributed by atoms with Gasteiger partial charge in [-0.05, 0) is 58.5 Å². The van der Waals surface area contributed by atoms with E-state index in [9.17, 15) is 0 Å². The average Bonchev–Trinajstić information content (AvgIpc) is 3.11. The van der Waals surface area contributed by atoms with Crippen LogP contribution in [0.5, 0.6) is 0 Å². The fraction of sp³-hybridized carbons (Fsp3) is 0.0882. The lowest BCUT2D eigenvalue weighted by Crippen LogP contribution is -2.26. The predicted octanol–water partition coefficient (Wildman–Crippen LogP) is 8.33. The van der Waals surface area contributed by atoms with Gasteiger partial charge in [0.1, 0.15) is 0 Å². The Kier molecular flexibility index (Phi) is 4.25. The molecule has 0 spiro atoms. The Morgan fingerprint density at radius 2 is 1.23 bits per heavy atom. The van der Waals surface area contributed by atoms with Gasteiger partial charge in [0.2, 0.25) is 17.1 Å². The van der Waals surface area contributed by atoms with Gasteiger partial charge in [0, 0.05) is 16.5 Å². The molecule has 5 aromatic rings. The minimum Gasteiger partial charge on any atom is -0.151 e. The number of hydrogen-bond acceptors (Lipinski definition) is 0. The zero-order valence-corrected chi connectivity index (χ0v) is 20.0. The maximum atomic E-state index is 2.50. The largest absolute Gasteiger partial charge is 0.227 e. The second-order valence-corrected chi connectivity index (χ2v) is 10.0. The first-order valence-electron chi connectivity index (χ1n) is 12.3. The summed E-state index contributed by atoms with van der Waals surface area (Å²) in [6, 6.07) is 41.7. The number of allylic oxidation sites excluding steroid dienone is 1. The normalized spacial score (nSPS) is 15.4. The fourth-order valence-electron chi connectivity index (χ4n) is 5.92. The summed E-state index contributed by atoms with van der Waals surface area (Å²) >= 11 is 0. The monoisotopic (exact) mass is 448 g/mol. The fourth-order valence-corrected chi connectivity index (χ4v) is 5.92. The molecule has 0 unspecified atom stereocenters. The number of benzene rings is 5. The maximum Gasteiger partial charge on any atom is 0.227 e. The molecule has 7 rings (SSSR count). The van der Waals surface area contributed by atoms with E-state index in [2.05, 4.69) is 140 Å². The SMILES string of the molecule is CC1(C)c2ccccc2-c2c1cc1ccccc1c2[N+]1=C(c2ccccc2)C=C1c1ccccc1. The highest BCUT2D eigenvalue weighted by molar-refractivity contribution is 6.16. The van der Waals surface area contributed by atoms with Crippen LogP contribution in [0, 0.1) is 0 Å². The van der Waals surface area contributed by atoms with E-state index >= 15 is 0 Å². The summed E-state index contributed by atoms with van der Waals surface area (Å²) in [7, 11) is 0. The molecule has 0 aromatic heterocycles. The van der Waals surface area contributed by atoms with Crippen molar-refractivity contribution in [1.29, 1.82) is 0 Å². The quantitative estimate of drug-likeness (QED) is 0.244. The van der Waals surface area contributed by atoms with Gasteiger partial charge in [-0.15, -0.1) is 0 Å². The first kappa shape index (κ1) is 20.2. The molecule has 5 aromatic carbocycles. The van der Waals surface area contributed by atoms with E-state index in [0.717, 1.165) is 0 Å². The molecule has 0 N–H and O–H groups in total. The van der Waals surface area contributed by atoms with Crippen molar-refractivity contribution >= 4 is 27.9 Å². The second kappa shape index (κ2) is 7.38. The Morgan fingerprint density at radius 3 is 2.00 bits per heavy atom. The highest BCUT2D eigenvalue weighted by atomic mass is 15.1. The highest BCUT2D eigenvalue weighted by Crippen LogP contribution is 2.55. The van der Waals surface area contributed by atoms with Crippen molar-refractivity contribution in [2.75, 3.05) is 0 Å². The summed E-state index contributed by atoms with van der Waals surface area (Å²) in [4.78, 5) is 0. The highest BCUT2D eigenvalue weighted by Gasteiger charge is 2.44. The molecule has 1 aliphatic carbocycles.